The van der Waals surface area contributed by atoms with E-state index in [1.54, 1.807) is 6.20 Å². The fourth-order valence-corrected chi connectivity index (χ4v) is 0.810. The van der Waals surface area contributed by atoms with Gasteiger partial charge in [0.05, 0.1) is 6.20 Å². The van der Waals surface area contributed by atoms with Crippen LogP contribution in [0.25, 0.3) is 11.0 Å². The Labute approximate surface area is 84.9 Å². The van der Waals surface area contributed by atoms with Gasteiger partial charge in [0.1, 0.15) is 0 Å². The minimum atomic E-state index is 0.845. The number of hydrogen-bond acceptors (Lipinski definition) is 2. The zero-order valence-electron chi connectivity index (χ0n) is 9.03. The van der Waals surface area contributed by atoms with E-state index < -0.39 is 0 Å². The van der Waals surface area contributed by atoms with Crippen molar-refractivity contribution in [3.8, 4) is 0 Å². The molecule has 0 unspecified atom stereocenters. The van der Waals surface area contributed by atoms with E-state index in [-0.39, 0.29) is 0 Å². The van der Waals surface area contributed by atoms with Gasteiger partial charge in [0.25, 0.3) is 0 Å². The van der Waals surface area contributed by atoms with Gasteiger partial charge in [-0.15, -0.1) is 0 Å². The molecule has 2 aromatic rings. The van der Waals surface area contributed by atoms with Crippen LogP contribution >= 0.6 is 0 Å². The Balaban J connectivity index is 0.000000171. The van der Waals surface area contributed by atoms with Crippen molar-refractivity contribution in [3.05, 3.63) is 30.5 Å². The second-order valence-corrected chi connectivity index (χ2v) is 3.67. The molecule has 1 aromatic heterocycles. The van der Waals surface area contributed by atoms with E-state index in [1.165, 1.54) is 6.42 Å². The van der Waals surface area contributed by atoms with E-state index in [1.807, 2.05) is 24.3 Å². The average molecular weight is 191 g/mol. The van der Waals surface area contributed by atoms with Gasteiger partial charge in [-0.1, -0.05) is 44.5 Å². The first-order chi connectivity index (χ1) is 6.74. The molecule has 2 nitrogen and oxygen atoms in total. The highest BCUT2D eigenvalue weighted by molar-refractivity contribution is 5.75. The quantitative estimate of drug-likeness (QED) is 0.683. The van der Waals surface area contributed by atoms with Crippen molar-refractivity contribution in [2.75, 3.05) is 0 Å². The first-order valence-electron chi connectivity index (χ1n) is 5.03. The van der Waals surface area contributed by atoms with Gasteiger partial charge in [0.15, 0.2) is 5.58 Å². The molecular formula is C12H17NO. The summed E-state index contributed by atoms with van der Waals surface area (Å²) in [5, 5.41) is 4.68. The highest BCUT2D eigenvalue weighted by Gasteiger charge is 1.91. The Hall–Kier alpha value is -1.31. The third-order valence-corrected chi connectivity index (χ3v) is 2.08. The Morgan fingerprint density at radius 1 is 1.29 bits per heavy atom. The summed E-state index contributed by atoms with van der Waals surface area (Å²) in [6, 6.07) is 7.74. The lowest BCUT2D eigenvalue weighted by Gasteiger charge is -1.90. The summed E-state index contributed by atoms with van der Waals surface area (Å²) in [5.41, 5.74) is 0.845. The summed E-state index contributed by atoms with van der Waals surface area (Å²) >= 11 is 0. The topological polar surface area (TPSA) is 26.0 Å². The highest BCUT2D eigenvalue weighted by Crippen LogP contribution is 2.10. The molecule has 0 aliphatic carbocycles. The van der Waals surface area contributed by atoms with Crippen molar-refractivity contribution < 1.29 is 4.52 Å². The Morgan fingerprint density at radius 2 is 1.93 bits per heavy atom. The molecule has 0 bridgehead atoms. The van der Waals surface area contributed by atoms with Crippen molar-refractivity contribution in [2.45, 2.75) is 27.2 Å². The van der Waals surface area contributed by atoms with Gasteiger partial charge >= 0.3 is 0 Å². The van der Waals surface area contributed by atoms with Crippen LogP contribution in [0.15, 0.2) is 35.0 Å². The third kappa shape index (κ3) is 3.21. The highest BCUT2D eigenvalue weighted by atomic mass is 16.5. The standard InChI is InChI=1S/C7H5NO.C5H12/c1-2-4-7-6(3-1)5-8-9-7;1-4-5(2)3/h1-5H;5H,4H2,1-3H3. The zero-order valence-corrected chi connectivity index (χ0v) is 9.03. The van der Waals surface area contributed by atoms with Crippen LogP contribution in [0.1, 0.15) is 27.2 Å². The van der Waals surface area contributed by atoms with E-state index in [4.69, 9.17) is 4.52 Å². The molecule has 0 spiro atoms. The van der Waals surface area contributed by atoms with Gasteiger partial charge < -0.3 is 4.52 Å². The minimum Gasteiger partial charge on any atom is -0.356 e. The van der Waals surface area contributed by atoms with Crippen LogP contribution < -0.4 is 0 Å². The Kier molecular flexibility index (Phi) is 4.17. The summed E-state index contributed by atoms with van der Waals surface area (Å²) in [5.74, 6) is 0.884. The number of nitrogens with zero attached hydrogens (tertiary/aromatic N) is 1. The molecular weight excluding hydrogens is 174 g/mol. The van der Waals surface area contributed by atoms with Crippen LogP contribution in [0.5, 0.6) is 0 Å². The van der Waals surface area contributed by atoms with Crippen molar-refractivity contribution >= 4 is 11.0 Å². The maximum Gasteiger partial charge on any atom is 0.166 e. The second-order valence-electron chi connectivity index (χ2n) is 3.67. The monoisotopic (exact) mass is 191 g/mol. The lowest BCUT2D eigenvalue weighted by atomic mass is 10.2. The molecule has 0 saturated heterocycles. The molecule has 0 aliphatic heterocycles. The maximum absolute atomic E-state index is 4.87. The summed E-state index contributed by atoms with van der Waals surface area (Å²) in [6.45, 7) is 6.64. The predicted octanol–water partition coefficient (Wildman–Crippen LogP) is 3.88. The largest absolute Gasteiger partial charge is 0.356 e. The summed E-state index contributed by atoms with van der Waals surface area (Å²) in [4.78, 5) is 0. The fraction of sp³-hybridized carbons (Fsp3) is 0.417. The number of para-hydroxylation sites is 1. The molecule has 0 fully saturated rings. The molecule has 2 heteroatoms. The average Bonchev–Trinajstić information content (AvgIpc) is 2.66. The van der Waals surface area contributed by atoms with Crippen molar-refractivity contribution in [2.24, 2.45) is 5.92 Å². The second kappa shape index (κ2) is 5.43. The van der Waals surface area contributed by atoms with Gasteiger partial charge in [-0.25, -0.2) is 0 Å². The number of benzene rings is 1. The van der Waals surface area contributed by atoms with Gasteiger partial charge in [-0.05, 0) is 18.1 Å². The van der Waals surface area contributed by atoms with Gasteiger partial charge in [0.2, 0.25) is 0 Å². The molecule has 0 atom stereocenters. The van der Waals surface area contributed by atoms with Crippen LogP contribution in [0.3, 0.4) is 0 Å². The Bertz CT molecular complexity index is 335. The van der Waals surface area contributed by atoms with Crippen LogP contribution in [0.4, 0.5) is 0 Å². The normalized spacial score (nSPS) is 10.0. The maximum atomic E-state index is 4.87. The fourth-order valence-electron chi connectivity index (χ4n) is 0.810. The van der Waals surface area contributed by atoms with E-state index in [0.29, 0.717) is 0 Å². The molecule has 0 aliphatic rings. The molecule has 0 amide bonds. The van der Waals surface area contributed by atoms with E-state index in [0.717, 1.165) is 16.9 Å². The van der Waals surface area contributed by atoms with E-state index in [9.17, 15) is 0 Å². The number of hydrogen-bond donors (Lipinski definition) is 0. The summed E-state index contributed by atoms with van der Waals surface area (Å²) in [6.07, 6.45) is 3.01. The zero-order chi connectivity index (χ0) is 10.4. The van der Waals surface area contributed by atoms with Crippen LogP contribution in [0.2, 0.25) is 0 Å². The smallest absolute Gasteiger partial charge is 0.166 e. The lowest BCUT2D eigenvalue weighted by Crippen LogP contribution is -1.77. The molecule has 1 heterocycles. The van der Waals surface area contributed by atoms with Crippen molar-refractivity contribution in [1.82, 2.24) is 5.16 Å². The van der Waals surface area contributed by atoms with E-state index in [2.05, 4.69) is 25.9 Å². The molecule has 0 radical (unpaired) electrons. The lowest BCUT2D eigenvalue weighted by molar-refractivity contribution is 0.456. The van der Waals surface area contributed by atoms with Crippen molar-refractivity contribution in [3.63, 3.8) is 0 Å². The first-order valence-corrected chi connectivity index (χ1v) is 5.03. The summed E-state index contributed by atoms with van der Waals surface area (Å²) < 4.78 is 4.87. The van der Waals surface area contributed by atoms with Crippen molar-refractivity contribution in [1.29, 1.82) is 0 Å². The number of rotatable bonds is 1. The SMILES string of the molecule is CCC(C)C.c1ccc2oncc2c1. The van der Waals surface area contributed by atoms with Crippen LogP contribution in [0, 0.1) is 5.92 Å². The van der Waals surface area contributed by atoms with Gasteiger partial charge in [0, 0.05) is 5.39 Å². The third-order valence-electron chi connectivity index (χ3n) is 2.08. The van der Waals surface area contributed by atoms with Gasteiger partial charge in [-0.3, -0.25) is 0 Å². The van der Waals surface area contributed by atoms with Crippen LogP contribution in [-0.4, -0.2) is 5.16 Å². The summed E-state index contributed by atoms with van der Waals surface area (Å²) in [7, 11) is 0. The molecule has 14 heavy (non-hydrogen) atoms. The molecule has 0 N–H and O–H groups in total. The number of fused-ring (bicyclic) bond motifs is 1. The van der Waals surface area contributed by atoms with E-state index >= 15 is 0 Å². The van der Waals surface area contributed by atoms with Gasteiger partial charge in [-0.2, -0.15) is 0 Å². The minimum absolute atomic E-state index is 0.845. The Morgan fingerprint density at radius 3 is 2.50 bits per heavy atom. The first kappa shape index (κ1) is 10.8. The molecule has 76 valence electrons. The predicted molar refractivity (Wildman–Crippen MR) is 59.1 cm³/mol. The molecule has 0 saturated carbocycles. The number of aromatic nitrogens is 1. The van der Waals surface area contributed by atoms with Crippen LogP contribution in [-0.2, 0) is 0 Å². The molecule has 1 aromatic carbocycles. The molecule has 2 rings (SSSR count).